The van der Waals surface area contributed by atoms with Crippen molar-refractivity contribution in [2.24, 2.45) is 0 Å². The molecule has 0 saturated heterocycles. The molecule has 9 heteroatoms. The van der Waals surface area contributed by atoms with E-state index in [0.717, 1.165) is 10.0 Å². The molecular formula is C27H24Br2ClNO5. The monoisotopic (exact) mass is 635 g/mol. The lowest BCUT2D eigenvalue weighted by atomic mass is 10.0. The van der Waals surface area contributed by atoms with Crippen LogP contribution in [-0.2, 0) is 20.9 Å². The summed E-state index contributed by atoms with van der Waals surface area (Å²) in [6, 6.07) is 17.1. The van der Waals surface area contributed by atoms with E-state index in [-0.39, 0.29) is 0 Å². The van der Waals surface area contributed by atoms with E-state index in [1.807, 2.05) is 24.3 Å². The Morgan fingerprint density at radius 2 is 1.78 bits per heavy atom. The molecule has 0 aliphatic rings. The summed E-state index contributed by atoms with van der Waals surface area (Å²) in [6.07, 6.45) is 2.97. The molecule has 3 aromatic carbocycles. The van der Waals surface area contributed by atoms with E-state index < -0.39 is 17.9 Å². The van der Waals surface area contributed by atoms with Gasteiger partial charge in [0, 0.05) is 43.8 Å². The third kappa shape index (κ3) is 6.90. The standard InChI is InChI=1S/C27H24Br2ClNO5/c1-31(26(27(33)35-3)21-15-20(34-2)10-11-23(21)29)25(32)13-8-17-14-19(30)9-12-24(17)36-16-18-6-4-5-7-22(18)28/h4-15,26H,16H2,1-3H3/b13-8-. The van der Waals surface area contributed by atoms with Gasteiger partial charge in [0.2, 0.25) is 5.91 Å². The van der Waals surface area contributed by atoms with E-state index in [9.17, 15) is 9.59 Å². The van der Waals surface area contributed by atoms with Crippen molar-refractivity contribution in [1.82, 2.24) is 4.90 Å². The summed E-state index contributed by atoms with van der Waals surface area (Å²) in [5.41, 5.74) is 2.13. The number of carbonyl (C=O) groups is 2. The predicted molar refractivity (Wildman–Crippen MR) is 147 cm³/mol. The number of halogens is 3. The molecule has 188 valence electrons. The minimum absolute atomic E-state index is 0.325. The fourth-order valence-electron chi connectivity index (χ4n) is 3.42. The fraction of sp³-hybridized carbons (Fsp3) is 0.185. The predicted octanol–water partition coefficient (Wildman–Crippen LogP) is 6.84. The number of nitrogens with zero attached hydrogens (tertiary/aromatic N) is 1. The van der Waals surface area contributed by atoms with Crippen LogP contribution in [0.15, 0.2) is 75.7 Å². The second-order valence-electron chi connectivity index (χ2n) is 7.66. The largest absolute Gasteiger partial charge is 0.497 e. The Labute approximate surface area is 232 Å². The van der Waals surface area contributed by atoms with Crippen molar-refractivity contribution in [2.45, 2.75) is 12.6 Å². The van der Waals surface area contributed by atoms with Crippen molar-refractivity contribution < 1.29 is 23.8 Å². The summed E-state index contributed by atoms with van der Waals surface area (Å²) in [4.78, 5) is 27.1. The van der Waals surface area contributed by atoms with Crippen LogP contribution in [-0.4, -0.2) is 38.0 Å². The lowest BCUT2D eigenvalue weighted by molar-refractivity contribution is -0.150. The first-order chi connectivity index (χ1) is 17.2. The molecule has 0 fully saturated rings. The van der Waals surface area contributed by atoms with E-state index >= 15 is 0 Å². The van der Waals surface area contributed by atoms with Crippen molar-refractivity contribution in [3.05, 3.63) is 97.4 Å². The van der Waals surface area contributed by atoms with Crippen LogP contribution in [0.4, 0.5) is 0 Å². The third-order valence-corrected chi connectivity index (χ3v) is 7.11. The number of esters is 1. The number of likely N-dealkylation sites (N-methyl/N-ethyl adjacent to an activating group) is 1. The molecule has 0 saturated carbocycles. The molecule has 0 N–H and O–H groups in total. The molecule has 0 aromatic heterocycles. The molecule has 0 spiro atoms. The van der Waals surface area contributed by atoms with Crippen molar-refractivity contribution >= 4 is 61.4 Å². The zero-order chi connectivity index (χ0) is 26.2. The molecule has 0 aliphatic carbocycles. The smallest absolute Gasteiger partial charge is 0.333 e. The Hall–Kier alpha value is -2.81. The summed E-state index contributed by atoms with van der Waals surface area (Å²) in [5.74, 6) is 0.0939. The Bertz CT molecular complexity index is 1280. The number of rotatable bonds is 9. The van der Waals surface area contributed by atoms with Gasteiger partial charge in [-0.3, -0.25) is 4.79 Å². The van der Waals surface area contributed by atoms with E-state index in [4.69, 9.17) is 25.8 Å². The molecule has 0 radical (unpaired) electrons. The number of amides is 1. The summed E-state index contributed by atoms with van der Waals surface area (Å²) in [6.45, 7) is 0.325. The zero-order valence-corrected chi connectivity index (χ0v) is 23.8. The Morgan fingerprint density at radius 1 is 1.03 bits per heavy atom. The summed E-state index contributed by atoms with van der Waals surface area (Å²) in [7, 11) is 4.33. The average molecular weight is 638 g/mol. The minimum atomic E-state index is -0.998. The Balaban J connectivity index is 1.85. The third-order valence-electron chi connectivity index (χ3n) is 5.38. The Morgan fingerprint density at radius 3 is 2.47 bits per heavy atom. The van der Waals surface area contributed by atoms with Gasteiger partial charge in [0.25, 0.3) is 0 Å². The number of hydrogen-bond donors (Lipinski definition) is 0. The molecule has 1 unspecified atom stereocenters. The van der Waals surface area contributed by atoms with Crippen LogP contribution >= 0.6 is 43.5 Å². The molecule has 36 heavy (non-hydrogen) atoms. The van der Waals surface area contributed by atoms with Gasteiger partial charge in [-0.1, -0.05) is 61.7 Å². The SMILES string of the molecule is COC(=O)C(c1cc(OC)ccc1Br)N(C)C(=O)/C=C\c1cc(Cl)ccc1OCc1ccccc1Br. The van der Waals surface area contributed by atoms with Gasteiger partial charge >= 0.3 is 5.97 Å². The topological polar surface area (TPSA) is 65.1 Å². The number of carbonyl (C=O) groups excluding carboxylic acids is 2. The number of ether oxygens (including phenoxy) is 3. The molecule has 0 heterocycles. The molecule has 3 rings (SSSR count). The van der Waals surface area contributed by atoms with Crippen LogP contribution in [0.1, 0.15) is 22.7 Å². The van der Waals surface area contributed by atoms with Crippen LogP contribution in [0, 0.1) is 0 Å². The molecule has 1 atom stereocenters. The van der Waals surface area contributed by atoms with E-state index in [2.05, 4.69) is 31.9 Å². The first-order valence-electron chi connectivity index (χ1n) is 10.8. The highest BCUT2D eigenvalue weighted by Crippen LogP contribution is 2.32. The fourth-order valence-corrected chi connectivity index (χ4v) is 4.46. The van der Waals surface area contributed by atoms with Gasteiger partial charge in [0.05, 0.1) is 14.2 Å². The van der Waals surface area contributed by atoms with Gasteiger partial charge in [-0.05, 0) is 48.5 Å². The van der Waals surface area contributed by atoms with Gasteiger partial charge in [0.1, 0.15) is 18.1 Å². The normalized spacial score (nSPS) is 11.7. The number of hydrogen-bond acceptors (Lipinski definition) is 5. The van der Waals surface area contributed by atoms with Crippen molar-refractivity contribution in [2.75, 3.05) is 21.3 Å². The van der Waals surface area contributed by atoms with Crippen molar-refractivity contribution in [3.63, 3.8) is 0 Å². The van der Waals surface area contributed by atoms with Crippen molar-refractivity contribution in [3.8, 4) is 11.5 Å². The first kappa shape index (κ1) is 27.8. The lowest BCUT2D eigenvalue weighted by Crippen LogP contribution is -2.35. The highest BCUT2D eigenvalue weighted by Gasteiger charge is 2.30. The molecule has 6 nitrogen and oxygen atoms in total. The maximum absolute atomic E-state index is 13.1. The van der Waals surface area contributed by atoms with Crippen LogP contribution in [0.25, 0.3) is 6.08 Å². The minimum Gasteiger partial charge on any atom is -0.497 e. The second kappa shape index (κ2) is 12.9. The van der Waals surface area contributed by atoms with Gasteiger partial charge in [-0.25, -0.2) is 4.79 Å². The summed E-state index contributed by atoms with van der Waals surface area (Å²) < 4.78 is 17.9. The van der Waals surface area contributed by atoms with Crippen LogP contribution in [0.3, 0.4) is 0 Å². The molecule has 0 aliphatic heterocycles. The van der Waals surface area contributed by atoms with Crippen LogP contribution in [0.2, 0.25) is 5.02 Å². The van der Waals surface area contributed by atoms with E-state index in [0.29, 0.717) is 38.7 Å². The van der Waals surface area contributed by atoms with Crippen LogP contribution < -0.4 is 9.47 Å². The van der Waals surface area contributed by atoms with Gasteiger partial charge in [0.15, 0.2) is 6.04 Å². The lowest BCUT2D eigenvalue weighted by Gasteiger charge is -2.26. The molecule has 3 aromatic rings. The average Bonchev–Trinajstić information content (AvgIpc) is 2.88. The first-order valence-corrected chi connectivity index (χ1v) is 12.7. The van der Waals surface area contributed by atoms with Gasteiger partial charge in [-0.2, -0.15) is 0 Å². The maximum atomic E-state index is 13.1. The Kier molecular flexibility index (Phi) is 9.98. The molecular weight excluding hydrogens is 614 g/mol. The highest BCUT2D eigenvalue weighted by molar-refractivity contribution is 9.10. The van der Waals surface area contributed by atoms with Gasteiger partial charge in [-0.15, -0.1) is 0 Å². The zero-order valence-electron chi connectivity index (χ0n) is 19.8. The maximum Gasteiger partial charge on any atom is 0.333 e. The summed E-state index contributed by atoms with van der Waals surface area (Å²) >= 11 is 13.2. The quantitative estimate of drug-likeness (QED) is 0.190. The number of methoxy groups -OCH3 is 2. The summed E-state index contributed by atoms with van der Waals surface area (Å²) in [5, 5.41) is 0.497. The van der Waals surface area contributed by atoms with Crippen LogP contribution in [0.5, 0.6) is 11.5 Å². The van der Waals surface area contributed by atoms with E-state index in [1.54, 1.807) is 42.5 Å². The van der Waals surface area contributed by atoms with Gasteiger partial charge < -0.3 is 19.1 Å². The van der Waals surface area contributed by atoms with E-state index in [1.165, 1.54) is 32.2 Å². The number of benzene rings is 3. The van der Waals surface area contributed by atoms with Crippen molar-refractivity contribution in [1.29, 1.82) is 0 Å². The second-order valence-corrected chi connectivity index (χ2v) is 9.80. The molecule has 1 amide bonds. The highest BCUT2D eigenvalue weighted by atomic mass is 79.9. The molecule has 0 bridgehead atoms.